The average Bonchev–Trinajstić information content (AvgIpc) is 3.21. The van der Waals surface area contributed by atoms with E-state index in [1.54, 1.807) is 24.3 Å². The van der Waals surface area contributed by atoms with E-state index in [2.05, 4.69) is 10.5 Å². The van der Waals surface area contributed by atoms with Gasteiger partial charge in [-0.25, -0.2) is 13.8 Å². The van der Waals surface area contributed by atoms with E-state index in [-0.39, 0.29) is 11.4 Å². The molecule has 1 aromatic heterocycles. The predicted molar refractivity (Wildman–Crippen MR) is 121 cm³/mol. The van der Waals surface area contributed by atoms with Crippen molar-refractivity contribution in [2.75, 3.05) is 6.54 Å². The fourth-order valence-electron chi connectivity index (χ4n) is 2.55. The number of thiophene rings is 1. The van der Waals surface area contributed by atoms with E-state index < -0.39 is 22.5 Å². The third kappa shape index (κ3) is 6.13. The molecule has 0 saturated heterocycles. The fourth-order valence-corrected chi connectivity index (χ4v) is 4.86. The van der Waals surface area contributed by atoms with Crippen LogP contribution in [-0.4, -0.2) is 31.4 Å². The average molecular weight is 482 g/mol. The molecule has 10 heteroatoms. The molecule has 1 N–H and O–H groups in total. The molecule has 0 fully saturated rings. The van der Waals surface area contributed by atoms with E-state index in [1.165, 1.54) is 41.8 Å². The Morgan fingerprint density at radius 1 is 1.07 bits per heavy atom. The summed E-state index contributed by atoms with van der Waals surface area (Å²) < 4.78 is 27.4. The first-order valence-corrected chi connectivity index (χ1v) is 11.8. The van der Waals surface area contributed by atoms with E-state index in [9.17, 15) is 13.2 Å². The van der Waals surface area contributed by atoms with Crippen molar-refractivity contribution in [3.63, 3.8) is 0 Å². The second-order valence-corrected chi connectivity index (χ2v) is 9.96. The van der Waals surface area contributed by atoms with Crippen LogP contribution in [0.4, 0.5) is 0 Å². The molecule has 0 spiro atoms. The molecule has 0 bridgehead atoms. The molecule has 6 nitrogen and oxygen atoms in total. The summed E-state index contributed by atoms with van der Waals surface area (Å²) in [7, 11) is -3.97. The van der Waals surface area contributed by atoms with Crippen LogP contribution in [0.3, 0.4) is 0 Å². The third-order valence-electron chi connectivity index (χ3n) is 3.94. The molecular weight excluding hydrogens is 465 g/mol. The maximum absolute atomic E-state index is 13.2. The first kappa shape index (κ1) is 22.5. The van der Waals surface area contributed by atoms with E-state index >= 15 is 0 Å². The molecule has 0 aliphatic carbocycles. The van der Waals surface area contributed by atoms with Gasteiger partial charge in [0, 0.05) is 21.5 Å². The van der Waals surface area contributed by atoms with Crippen LogP contribution in [0.5, 0.6) is 0 Å². The molecule has 0 atom stereocenters. The Morgan fingerprint density at radius 3 is 2.50 bits per heavy atom. The second-order valence-electron chi connectivity index (χ2n) is 6.17. The molecular formula is C20H17Cl2N3O3S2. The van der Waals surface area contributed by atoms with Gasteiger partial charge in [-0.1, -0.05) is 41.4 Å². The van der Waals surface area contributed by atoms with Gasteiger partial charge in [-0.15, -0.1) is 11.3 Å². The summed E-state index contributed by atoms with van der Waals surface area (Å²) in [4.78, 5) is 13.3. The van der Waals surface area contributed by atoms with Crippen LogP contribution in [0.2, 0.25) is 10.0 Å². The van der Waals surface area contributed by atoms with Gasteiger partial charge in [0.1, 0.15) is 0 Å². The number of carbonyl (C=O) groups is 1. The van der Waals surface area contributed by atoms with Gasteiger partial charge in [0.05, 0.1) is 17.7 Å². The Labute approximate surface area is 188 Å². The Balaban J connectivity index is 1.81. The third-order valence-corrected chi connectivity index (χ3v) is 7.04. The summed E-state index contributed by atoms with van der Waals surface area (Å²) in [5, 5.41) is 6.65. The molecule has 0 unspecified atom stereocenters. The second kappa shape index (κ2) is 10.2. The van der Waals surface area contributed by atoms with Crippen LogP contribution in [0.1, 0.15) is 10.4 Å². The van der Waals surface area contributed by atoms with Crippen molar-refractivity contribution in [1.82, 2.24) is 9.73 Å². The highest BCUT2D eigenvalue weighted by molar-refractivity contribution is 7.89. The molecule has 0 saturated carbocycles. The summed E-state index contributed by atoms with van der Waals surface area (Å²) in [6, 6.07) is 16.3. The number of rotatable bonds is 8. The lowest BCUT2D eigenvalue weighted by molar-refractivity contribution is -0.121. The van der Waals surface area contributed by atoms with Crippen LogP contribution >= 0.6 is 34.5 Å². The Kier molecular flexibility index (Phi) is 7.63. The summed E-state index contributed by atoms with van der Waals surface area (Å²) in [6.07, 6.45) is 1.50. The number of amides is 1. The normalized spacial score (nSPS) is 11.8. The number of hydrazone groups is 1. The number of nitrogens with one attached hydrogen (secondary N) is 1. The van der Waals surface area contributed by atoms with Gasteiger partial charge in [0.25, 0.3) is 5.91 Å². The summed E-state index contributed by atoms with van der Waals surface area (Å²) in [5.74, 6) is -0.567. The number of benzene rings is 2. The van der Waals surface area contributed by atoms with Crippen LogP contribution < -0.4 is 5.43 Å². The van der Waals surface area contributed by atoms with Crippen LogP contribution in [0.25, 0.3) is 0 Å². The fraction of sp³-hybridized carbons (Fsp3) is 0.100. The van der Waals surface area contributed by atoms with E-state index in [4.69, 9.17) is 23.2 Å². The lowest BCUT2D eigenvalue weighted by Gasteiger charge is -2.21. The molecule has 0 aliphatic rings. The van der Waals surface area contributed by atoms with Crippen molar-refractivity contribution < 1.29 is 13.2 Å². The number of halogens is 2. The quantitative estimate of drug-likeness (QED) is 0.382. The van der Waals surface area contributed by atoms with Crippen LogP contribution in [-0.2, 0) is 21.4 Å². The summed E-state index contributed by atoms with van der Waals surface area (Å²) in [6.45, 7) is -0.452. The summed E-state index contributed by atoms with van der Waals surface area (Å²) in [5.41, 5.74) is 3.01. The number of sulfonamides is 1. The lowest BCUT2D eigenvalue weighted by Crippen LogP contribution is -2.39. The van der Waals surface area contributed by atoms with E-state index in [1.807, 2.05) is 17.5 Å². The first-order chi connectivity index (χ1) is 14.3. The lowest BCUT2D eigenvalue weighted by atomic mass is 10.2. The van der Waals surface area contributed by atoms with Gasteiger partial charge < -0.3 is 0 Å². The molecule has 30 heavy (non-hydrogen) atoms. The van der Waals surface area contributed by atoms with Crippen molar-refractivity contribution >= 4 is 56.7 Å². The molecule has 1 amide bonds. The molecule has 1 heterocycles. The summed E-state index contributed by atoms with van der Waals surface area (Å²) >= 11 is 13.4. The highest BCUT2D eigenvalue weighted by atomic mass is 35.5. The first-order valence-electron chi connectivity index (χ1n) is 8.70. The van der Waals surface area contributed by atoms with Crippen molar-refractivity contribution in [2.45, 2.75) is 11.4 Å². The Bertz CT molecular complexity index is 1130. The minimum atomic E-state index is -3.97. The number of nitrogens with zero attached hydrogens (tertiary/aromatic N) is 2. The molecule has 3 aromatic rings. The van der Waals surface area contributed by atoms with Gasteiger partial charge in [-0.2, -0.15) is 9.41 Å². The molecule has 156 valence electrons. The van der Waals surface area contributed by atoms with Gasteiger partial charge >= 0.3 is 0 Å². The van der Waals surface area contributed by atoms with Crippen LogP contribution in [0.15, 0.2) is 76.0 Å². The van der Waals surface area contributed by atoms with Crippen LogP contribution in [0, 0.1) is 0 Å². The molecule has 0 radical (unpaired) electrons. The number of hydrogen-bond acceptors (Lipinski definition) is 5. The number of hydrogen-bond donors (Lipinski definition) is 1. The standard InChI is InChI=1S/C20H17Cl2N3O3S2/c21-16-6-8-19(9-7-16)30(27,28)25(13-15-3-1-4-17(22)11-15)14-20(26)24-23-12-18-5-2-10-29-18/h1-12H,13-14H2,(H,24,26)/b23-12-. The minimum Gasteiger partial charge on any atom is -0.272 e. The highest BCUT2D eigenvalue weighted by Crippen LogP contribution is 2.21. The largest absolute Gasteiger partial charge is 0.272 e. The predicted octanol–water partition coefficient (Wildman–Crippen LogP) is 4.40. The minimum absolute atomic E-state index is 0.0313. The van der Waals surface area contributed by atoms with Gasteiger partial charge in [-0.05, 0) is 53.4 Å². The zero-order valence-electron chi connectivity index (χ0n) is 15.5. The maximum atomic E-state index is 13.2. The van der Waals surface area contributed by atoms with Crippen molar-refractivity contribution in [1.29, 1.82) is 0 Å². The molecule has 3 rings (SSSR count). The smallest absolute Gasteiger partial charge is 0.255 e. The van der Waals surface area contributed by atoms with Crippen molar-refractivity contribution in [2.24, 2.45) is 5.10 Å². The SMILES string of the molecule is O=C(CN(Cc1cccc(Cl)c1)S(=O)(=O)c1ccc(Cl)cc1)N/N=C\c1cccs1. The number of carbonyl (C=O) groups excluding carboxylic acids is 1. The Hall–Kier alpha value is -2.23. The topological polar surface area (TPSA) is 78.8 Å². The van der Waals surface area contributed by atoms with Gasteiger partial charge in [-0.3, -0.25) is 4.79 Å². The van der Waals surface area contributed by atoms with E-state index in [0.717, 1.165) is 9.18 Å². The van der Waals surface area contributed by atoms with Crippen molar-refractivity contribution in [3.8, 4) is 0 Å². The van der Waals surface area contributed by atoms with Gasteiger partial charge in [0.2, 0.25) is 10.0 Å². The zero-order valence-corrected chi connectivity index (χ0v) is 18.7. The highest BCUT2D eigenvalue weighted by Gasteiger charge is 2.27. The maximum Gasteiger partial charge on any atom is 0.255 e. The van der Waals surface area contributed by atoms with Gasteiger partial charge in [0.15, 0.2) is 0 Å². The zero-order chi connectivity index (χ0) is 21.6. The molecule has 0 aliphatic heterocycles. The van der Waals surface area contributed by atoms with E-state index in [0.29, 0.717) is 15.6 Å². The monoisotopic (exact) mass is 481 g/mol. The van der Waals surface area contributed by atoms with Crippen molar-refractivity contribution in [3.05, 3.63) is 86.5 Å². The molecule has 2 aromatic carbocycles. The Morgan fingerprint density at radius 2 is 1.83 bits per heavy atom.